The summed E-state index contributed by atoms with van der Waals surface area (Å²) in [6.07, 6.45) is 0. The van der Waals surface area contributed by atoms with Gasteiger partial charge in [-0.15, -0.1) is 0 Å². The third kappa shape index (κ3) is 2.72. The van der Waals surface area contributed by atoms with E-state index in [1.54, 1.807) is 7.05 Å². The highest BCUT2D eigenvalue weighted by Crippen LogP contribution is 2.22. The first-order chi connectivity index (χ1) is 9.97. The zero-order valence-corrected chi connectivity index (χ0v) is 12.6. The lowest BCUT2D eigenvalue weighted by Gasteiger charge is -2.15. The number of carbonyl (C=O) groups is 1. The van der Waals surface area contributed by atoms with Gasteiger partial charge in [-0.2, -0.15) is 0 Å². The van der Waals surface area contributed by atoms with E-state index in [1.807, 2.05) is 44.2 Å². The van der Waals surface area contributed by atoms with E-state index in [9.17, 15) is 9.59 Å². The minimum absolute atomic E-state index is 0.0298. The van der Waals surface area contributed by atoms with Gasteiger partial charge in [-0.25, -0.2) is 9.78 Å². The lowest BCUT2D eigenvalue weighted by molar-refractivity contribution is 0.0588. The Labute approximate surface area is 123 Å². The van der Waals surface area contributed by atoms with Crippen molar-refractivity contribution >= 4 is 5.97 Å². The van der Waals surface area contributed by atoms with Crippen LogP contribution in [0.25, 0.3) is 11.3 Å². The highest BCUT2D eigenvalue weighted by Gasteiger charge is 2.22. The zero-order chi connectivity index (χ0) is 15.6. The van der Waals surface area contributed by atoms with Crippen LogP contribution in [0.5, 0.6) is 0 Å². The van der Waals surface area contributed by atoms with Crippen molar-refractivity contribution in [2.75, 3.05) is 7.11 Å². The summed E-state index contributed by atoms with van der Waals surface area (Å²) >= 11 is 0. The second kappa shape index (κ2) is 5.91. The maximum atomic E-state index is 12.3. The molecular weight excluding hydrogens is 268 g/mol. The van der Waals surface area contributed by atoms with Crippen LogP contribution in [0.3, 0.4) is 0 Å². The molecule has 0 aliphatic heterocycles. The molecule has 110 valence electrons. The molecule has 5 heteroatoms. The second-order valence-electron chi connectivity index (χ2n) is 5.07. The fourth-order valence-corrected chi connectivity index (χ4v) is 2.16. The van der Waals surface area contributed by atoms with Crippen LogP contribution in [0.1, 0.15) is 35.9 Å². The molecule has 0 aliphatic carbocycles. The Morgan fingerprint density at radius 2 is 1.86 bits per heavy atom. The Balaban J connectivity index is 2.83. The quantitative estimate of drug-likeness (QED) is 0.813. The highest BCUT2D eigenvalue weighted by molar-refractivity contribution is 5.94. The van der Waals surface area contributed by atoms with Gasteiger partial charge >= 0.3 is 5.97 Å². The van der Waals surface area contributed by atoms with E-state index in [-0.39, 0.29) is 17.2 Å². The van der Waals surface area contributed by atoms with Gasteiger partial charge in [-0.3, -0.25) is 4.79 Å². The minimum Gasteiger partial charge on any atom is -0.464 e. The molecule has 0 bridgehead atoms. The van der Waals surface area contributed by atoms with E-state index < -0.39 is 5.97 Å². The molecule has 0 N–H and O–H groups in total. The number of hydrogen-bond donors (Lipinski definition) is 0. The number of rotatable bonds is 3. The zero-order valence-electron chi connectivity index (χ0n) is 12.6. The minimum atomic E-state index is -0.573. The number of methoxy groups -OCH3 is 1. The molecule has 2 rings (SSSR count). The first kappa shape index (κ1) is 15.0. The van der Waals surface area contributed by atoms with Gasteiger partial charge in [0.15, 0.2) is 5.69 Å². The molecule has 0 radical (unpaired) electrons. The molecule has 0 spiro atoms. The predicted molar refractivity (Wildman–Crippen MR) is 80.3 cm³/mol. The van der Waals surface area contributed by atoms with Crippen LogP contribution < -0.4 is 5.56 Å². The molecule has 0 fully saturated rings. The van der Waals surface area contributed by atoms with Crippen LogP contribution >= 0.6 is 0 Å². The molecular formula is C16H18N2O3. The summed E-state index contributed by atoms with van der Waals surface area (Å²) < 4.78 is 6.11. The first-order valence-corrected chi connectivity index (χ1v) is 6.72. The van der Waals surface area contributed by atoms with Crippen molar-refractivity contribution in [3.63, 3.8) is 0 Å². The molecule has 0 saturated carbocycles. The summed E-state index contributed by atoms with van der Waals surface area (Å²) in [7, 11) is 2.85. The van der Waals surface area contributed by atoms with Crippen LogP contribution in [0.2, 0.25) is 0 Å². The SMILES string of the molecule is COC(=O)c1c(-c2ccccc2)nc(C(C)C)c(=O)n1C. The summed E-state index contributed by atoms with van der Waals surface area (Å²) in [4.78, 5) is 28.8. The summed E-state index contributed by atoms with van der Waals surface area (Å²) in [6, 6.07) is 9.30. The number of aromatic nitrogens is 2. The van der Waals surface area contributed by atoms with Crippen molar-refractivity contribution in [1.82, 2.24) is 9.55 Å². The molecule has 21 heavy (non-hydrogen) atoms. The van der Waals surface area contributed by atoms with Gasteiger partial charge in [0.05, 0.1) is 7.11 Å². The fourth-order valence-electron chi connectivity index (χ4n) is 2.16. The van der Waals surface area contributed by atoms with E-state index in [0.717, 1.165) is 5.56 Å². The molecule has 0 amide bonds. The van der Waals surface area contributed by atoms with Crippen molar-refractivity contribution < 1.29 is 9.53 Å². The standard InChI is InChI=1S/C16H18N2O3/c1-10(2)12-15(19)18(3)14(16(20)21-4)13(17-12)11-8-6-5-7-9-11/h5-10H,1-4H3. The van der Waals surface area contributed by atoms with Gasteiger partial charge in [-0.05, 0) is 0 Å². The normalized spacial score (nSPS) is 10.7. The van der Waals surface area contributed by atoms with Gasteiger partial charge in [0.2, 0.25) is 0 Å². The Kier molecular flexibility index (Phi) is 4.21. The Morgan fingerprint density at radius 1 is 1.24 bits per heavy atom. The van der Waals surface area contributed by atoms with Gasteiger partial charge in [0.1, 0.15) is 11.4 Å². The van der Waals surface area contributed by atoms with Crippen LogP contribution in [0.15, 0.2) is 35.1 Å². The number of esters is 1. The molecule has 0 saturated heterocycles. The van der Waals surface area contributed by atoms with Crippen molar-refractivity contribution in [3.05, 3.63) is 52.1 Å². The van der Waals surface area contributed by atoms with Gasteiger partial charge in [0.25, 0.3) is 5.56 Å². The van der Waals surface area contributed by atoms with Crippen molar-refractivity contribution in [3.8, 4) is 11.3 Å². The average molecular weight is 286 g/mol. The molecule has 1 heterocycles. The van der Waals surface area contributed by atoms with E-state index >= 15 is 0 Å². The average Bonchev–Trinajstić information content (AvgIpc) is 2.49. The van der Waals surface area contributed by atoms with Gasteiger partial charge < -0.3 is 9.30 Å². The summed E-state index contributed by atoms with van der Waals surface area (Å²) in [5, 5.41) is 0. The van der Waals surface area contributed by atoms with Crippen LogP contribution in [-0.4, -0.2) is 22.6 Å². The second-order valence-corrected chi connectivity index (χ2v) is 5.07. The molecule has 0 unspecified atom stereocenters. The third-order valence-corrected chi connectivity index (χ3v) is 3.29. The van der Waals surface area contributed by atoms with E-state index in [2.05, 4.69) is 4.98 Å². The van der Waals surface area contributed by atoms with Crippen LogP contribution in [-0.2, 0) is 11.8 Å². The summed E-state index contributed by atoms with van der Waals surface area (Å²) in [5.41, 5.74) is 1.57. The first-order valence-electron chi connectivity index (χ1n) is 6.72. The lowest BCUT2D eigenvalue weighted by Crippen LogP contribution is -2.30. The van der Waals surface area contributed by atoms with Crippen molar-refractivity contribution in [2.24, 2.45) is 7.05 Å². The number of ether oxygens (including phenoxy) is 1. The number of benzene rings is 1. The monoisotopic (exact) mass is 286 g/mol. The lowest BCUT2D eigenvalue weighted by atomic mass is 10.1. The molecule has 1 aromatic heterocycles. The number of hydrogen-bond acceptors (Lipinski definition) is 4. The molecule has 0 aliphatic rings. The van der Waals surface area contributed by atoms with Crippen LogP contribution in [0, 0.1) is 0 Å². The fraction of sp³-hybridized carbons (Fsp3) is 0.312. The van der Waals surface area contributed by atoms with E-state index in [4.69, 9.17) is 4.74 Å². The molecule has 1 aromatic carbocycles. The van der Waals surface area contributed by atoms with Crippen molar-refractivity contribution in [1.29, 1.82) is 0 Å². The van der Waals surface area contributed by atoms with E-state index in [0.29, 0.717) is 11.4 Å². The number of carbonyl (C=O) groups excluding carboxylic acids is 1. The molecule has 5 nitrogen and oxygen atoms in total. The predicted octanol–water partition coefficient (Wildman–Crippen LogP) is 2.36. The maximum absolute atomic E-state index is 12.3. The largest absolute Gasteiger partial charge is 0.464 e. The maximum Gasteiger partial charge on any atom is 0.357 e. The van der Waals surface area contributed by atoms with Crippen LogP contribution in [0.4, 0.5) is 0 Å². The Hall–Kier alpha value is -2.43. The third-order valence-electron chi connectivity index (χ3n) is 3.29. The number of nitrogens with zero attached hydrogens (tertiary/aromatic N) is 2. The van der Waals surface area contributed by atoms with Gasteiger partial charge in [0, 0.05) is 18.5 Å². The topological polar surface area (TPSA) is 61.2 Å². The van der Waals surface area contributed by atoms with E-state index in [1.165, 1.54) is 11.7 Å². The molecule has 0 atom stereocenters. The van der Waals surface area contributed by atoms with Gasteiger partial charge in [-0.1, -0.05) is 44.2 Å². The molecule has 2 aromatic rings. The summed E-state index contributed by atoms with van der Waals surface area (Å²) in [5.74, 6) is -0.603. The Bertz CT molecular complexity index is 718. The highest BCUT2D eigenvalue weighted by atomic mass is 16.5. The summed E-state index contributed by atoms with van der Waals surface area (Å²) in [6.45, 7) is 3.80. The smallest absolute Gasteiger partial charge is 0.357 e. The Morgan fingerprint density at radius 3 is 2.38 bits per heavy atom. The van der Waals surface area contributed by atoms with Crippen molar-refractivity contribution in [2.45, 2.75) is 19.8 Å².